The highest BCUT2D eigenvalue weighted by Crippen LogP contribution is 2.15. The maximum atomic E-state index is 12.0. The quantitative estimate of drug-likeness (QED) is 0.711. The Morgan fingerprint density at radius 1 is 1.36 bits per heavy atom. The summed E-state index contributed by atoms with van der Waals surface area (Å²) in [7, 11) is 1.34. The fourth-order valence-corrected chi connectivity index (χ4v) is 2.34. The maximum absolute atomic E-state index is 12.0. The number of methoxy groups -OCH3 is 1. The van der Waals surface area contributed by atoms with Crippen LogP contribution in [0.25, 0.3) is 0 Å². The number of β-amino-alcohol motifs (C(OH)–C–C–N with tert-alkyl or cyclic N) is 1. The molecule has 1 amide bonds. The van der Waals surface area contributed by atoms with Gasteiger partial charge in [0.2, 0.25) is 5.91 Å². The predicted octanol–water partition coefficient (Wildman–Crippen LogP) is 0.795. The third-order valence-electron chi connectivity index (χ3n) is 3.61. The molecule has 0 radical (unpaired) electrons. The number of carbonyl (C=O) groups is 2. The van der Waals surface area contributed by atoms with Gasteiger partial charge in [-0.1, -0.05) is 12.1 Å². The largest absolute Gasteiger partial charge is 0.465 e. The molecular weight excluding hydrogens is 308 g/mol. The molecule has 0 spiro atoms. The van der Waals surface area contributed by atoms with Crippen LogP contribution >= 0.6 is 12.4 Å². The Kier molecular flexibility index (Phi) is 6.80. The van der Waals surface area contributed by atoms with Crippen LogP contribution in [0.2, 0.25) is 0 Å². The van der Waals surface area contributed by atoms with Crippen LogP contribution in [0.4, 0.5) is 0 Å². The zero-order chi connectivity index (χ0) is 15.4. The molecule has 1 aliphatic heterocycles. The second-order valence-corrected chi connectivity index (χ2v) is 5.19. The van der Waals surface area contributed by atoms with Crippen molar-refractivity contribution in [2.45, 2.75) is 31.5 Å². The van der Waals surface area contributed by atoms with E-state index in [1.165, 1.54) is 7.11 Å². The minimum atomic E-state index is -0.463. The second-order valence-electron chi connectivity index (χ2n) is 5.19. The van der Waals surface area contributed by atoms with Crippen molar-refractivity contribution in [3.8, 4) is 0 Å². The minimum Gasteiger partial charge on any atom is -0.465 e. The van der Waals surface area contributed by atoms with E-state index in [-0.39, 0.29) is 36.4 Å². The molecule has 22 heavy (non-hydrogen) atoms. The zero-order valence-corrected chi connectivity index (χ0v) is 13.4. The van der Waals surface area contributed by atoms with Gasteiger partial charge in [-0.25, -0.2) is 4.79 Å². The van der Waals surface area contributed by atoms with Crippen molar-refractivity contribution >= 4 is 24.3 Å². The number of aliphatic hydroxyl groups excluding tert-OH is 1. The Hall–Kier alpha value is -1.63. The smallest absolute Gasteiger partial charge is 0.337 e. The van der Waals surface area contributed by atoms with E-state index in [0.29, 0.717) is 18.5 Å². The molecule has 0 saturated carbocycles. The number of ether oxygens (including phenoxy) is 1. The fraction of sp³-hybridized carbons (Fsp3) is 0.467. The van der Waals surface area contributed by atoms with E-state index < -0.39 is 6.10 Å². The zero-order valence-electron chi connectivity index (χ0n) is 12.5. The van der Waals surface area contributed by atoms with Gasteiger partial charge in [0.1, 0.15) is 0 Å². The van der Waals surface area contributed by atoms with Crippen molar-refractivity contribution in [3.05, 3.63) is 35.4 Å². The molecule has 1 saturated heterocycles. The summed E-state index contributed by atoms with van der Waals surface area (Å²) in [4.78, 5) is 23.4. The SMILES string of the molecule is COC(=O)c1ccc([C@H](C)NC(=O)[C@H]2C[C@@H](O)CN2)cc1.Cl. The summed E-state index contributed by atoms with van der Waals surface area (Å²) in [6, 6.07) is 6.38. The standard InChI is InChI=1S/C15H20N2O4.ClH/c1-9(17-14(19)13-7-12(18)8-16-13)10-3-5-11(6-4-10)15(20)21-2;/h3-6,9,12-13,16,18H,7-8H2,1-2H3,(H,17,19);1H/t9-,12+,13+;/m0./s1. The molecule has 6 nitrogen and oxygen atoms in total. The first-order valence-electron chi connectivity index (χ1n) is 6.91. The van der Waals surface area contributed by atoms with Gasteiger partial charge in [0.25, 0.3) is 0 Å². The lowest BCUT2D eigenvalue weighted by Crippen LogP contribution is -2.41. The Morgan fingerprint density at radius 3 is 2.50 bits per heavy atom. The molecular formula is C15H21ClN2O4. The number of carbonyl (C=O) groups excluding carboxylic acids is 2. The van der Waals surface area contributed by atoms with Crippen molar-refractivity contribution in [2.24, 2.45) is 0 Å². The number of aliphatic hydroxyl groups is 1. The second kappa shape index (κ2) is 8.12. The number of hydrogen-bond donors (Lipinski definition) is 3. The van der Waals surface area contributed by atoms with Crippen molar-refractivity contribution < 1.29 is 19.4 Å². The van der Waals surface area contributed by atoms with Gasteiger partial charge in [0, 0.05) is 6.54 Å². The summed E-state index contributed by atoms with van der Waals surface area (Å²) in [5, 5.41) is 15.3. The number of esters is 1. The molecule has 1 aliphatic rings. The van der Waals surface area contributed by atoms with Crippen LogP contribution in [-0.2, 0) is 9.53 Å². The van der Waals surface area contributed by atoms with E-state index in [9.17, 15) is 14.7 Å². The van der Waals surface area contributed by atoms with Gasteiger partial charge in [-0.05, 0) is 31.0 Å². The molecule has 1 fully saturated rings. The molecule has 3 N–H and O–H groups in total. The molecule has 3 atom stereocenters. The van der Waals surface area contributed by atoms with E-state index in [0.717, 1.165) is 5.56 Å². The molecule has 0 bridgehead atoms. The van der Waals surface area contributed by atoms with Crippen LogP contribution in [0.15, 0.2) is 24.3 Å². The number of rotatable bonds is 4. The van der Waals surface area contributed by atoms with Gasteiger partial charge < -0.3 is 20.5 Å². The summed E-state index contributed by atoms with van der Waals surface area (Å²) in [5.41, 5.74) is 1.37. The third kappa shape index (κ3) is 4.43. The van der Waals surface area contributed by atoms with Gasteiger partial charge in [-0.2, -0.15) is 0 Å². The molecule has 1 aromatic rings. The number of halogens is 1. The van der Waals surface area contributed by atoms with Gasteiger partial charge >= 0.3 is 5.97 Å². The van der Waals surface area contributed by atoms with E-state index in [1.807, 2.05) is 6.92 Å². The first kappa shape index (κ1) is 18.4. The van der Waals surface area contributed by atoms with E-state index >= 15 is 0 Å². The van der Waals surface area contributed by atoms with Crippen molar-refractivity contribution in [1.82, 2.24) is 10.6 Å². The average molecular weight is 329 g/mol. The van der Waals surface area contributed by atoms with Crippen LogP contribution in [0.1, 0.15) is 35.3 Å². The molecule has 0 unspecified atom stereocenters. The van der Waals surface area contributed by atoms with Gasteiger partial charge in [0.15, 0.2) is 0 Å². The molecule has 7 heteroatoms. The van der Waals surface area contributed by atoms with Crippen LogP contribution in [0.3, 0.4) is 0 Å². The molecule has 0 aliphatic carbocycles. The minimum absolute atomic E-state index is 0. The lowest BCUT2D eigenvalue weighted by molar-refractivity contribution is -0.123. The summed E-state index contributed by atoms with van der Waals surface area (Å²) < 4.78 is 4.64. The maximum Gasteiger partial charge on any atom is 0.337 e. The van der Waals surface area contributed by atoms with Gasteiger partial charge in [-0.3, -0.25) is 4.79 Å². The van der Waals surface area contributed by atoms with Gasteiger partial charge in [0.05, 0.1) is 30.9 Å². The molecule has 122 valence electrons. The lowest BCUT2D eigenvalue weighted by Gasteiger charge is -2.17. The highest BCUT2D eigenvalue weighted by Gasteiger charge is 2.28. The monoisotopic (exact) mass is 328 g/mol. The normalized spacial score (nSPS) is 21.6. The predicted molar refractivity (Wildman–Crippen MR) is 84.0 cm³/mol. The van der Waals surface area contributed by atoms with E-state index in [4.69, 9.17) is 0 Å². The van der Waals surface area contributed by atoms with Crippen LogP contribution in [0.5, 0.6) is 0 Å². The molecule has 0 aromatic heterocycles. The Morgan fingerprint density at radius 2 is 2.00 bits per heavy atom. The fourth-order valence-electron chi connectivity index (χ4n) is 2.34. The number of amides is 1. The summed E-state index contributed by atoms with van der Waals surface area (Å²) >= 11 is 0. The molecule has 1 heterocycles. The Labute approximate surface area is 135 Å². The van der Waals surface area contributed by atoms with E-state index in [2.05, 4.69) is 15.4 Å². The Balaban J connectivity index is 0.00000242. The average Bonchev–Trinajstić information content (AvgIpc) is 2.93. The summed E-state index contributed by atoms with van der Waals surface area (Å²) in [5.74, 6) is -0.515. The highest BCUT2D eigenvalue weighted by molar-refractivity contribution is 5.89. The third-order valence-corrected chi connectivity index (χ3v) is 3.61. The number of benzene rings is 1. The van der Waals surface area contributed by atoms with E-state index in [1.54, 1.807) is 24.3 Å². The van der Waals surface area contributed by atoms with Crippen molar-refractivity contribution in [1.29, 1.82) is 0 Å². The lowest BCUT2D eigenvalue weighted by atomic mass is 10.1. The Bertz CT molecular complexity index is 521. The summed E-state index contributed by atoms with van der Waals surface area (Å²) in [6.07, 6.45) is -0.0322. The molecule has 2 rings (SSSR count). The summed E-state index contributed by atoms with van der Waals surface area (Å²) in [6.45, 7) is 2.32. The highest BCUT2D eigenvalue weighted by atomic mass is 35.5. The first-order chi connectivity index (χ1) is 10.0. The van der Waals surface area contributed by atoms with Crippen LogP contribution in [-0.4, -0.2) is 42.8 Å². The van der Waals surface area contributed by atoms with Crippen LogP contribution < -0.4 is 10.6 Å². The van der Waals surface area contributed by atoms with Crippen molar-refractivity contribution in [3.63, 3.8) is 0 Å². The topological polar surface area (TPSA) is 87.7 Å². The van der Waals surface area contributed by atoms with Crippen LogP contribution in [0, 0.1) is 0 Å². The number of hydrogen-bond acceptors (Lipinski definition) is 5. The van der Waals surface area contributed by atoms with Gasteiger partial charge in [-0.15, -0.1) is 12.4 Å². The molecule has 1 aromatic carbocycles. The number of nitrogens with one attached hydrogen (secondary N) is 2. The first-order valence-corrected chi connectivity index (χ1v) is 6.91. The van der Waals surface area contributed by atoms with Crippen molar-refractivity contribution in [2.75, 3.05) is 13.7 Å².